The molecule has 0 aliphatic rings. The minimum Gasteiger partial charge on any atom is -0.692 e. The molecule has 3 aromatic rings. The van der Waals surface area contributed by atoms with E-state index in [4.69, 9.17) is 11.6 Å². The highest BCUT2D eigenvalue weighted by molar-refractivity contribution is 6.31. The zero-order chi connectivity index (χ0) is 15.1. The van der Waals surface area contributed by atoms with Crippen LogP contribution in [0.4, 0.5) is 5.69 Å². The van der Waals surface area contributed by atoms with E-state index in [-0.39, 0.29) is 21.7 Å². The average Bonchev–Trinajstić information content (AvgIpc) is 2.76. The number of aryl methyl sites for hydroxylation is 1. The highest BCUT2D eigenvalue weighted by Gasteiger charge is 2.27. The topological polar surface area (TPSA) is 87.9 Å². The Morgan fingerprint density at radius 2 is 1.95 bits per heavy atom. The van der Waals surface area contributed by atoms with Crippen molar-refractivity contribution in [1.82, 2.24) is 9.90 Å². The third-order valence-electron chi connectivity index (χ3n) is 3.07. The molecular formula is C13H9ClN4O3. The van der Waals surface area contributed by atoms with Crippen LogP contribution in [0.25, 0.3) is 16.7 Å². The van der Waals surface area contributed by atoms with E-state index in [1.807, 2.05) is 19.1 Å². The zero-order valence-electron chi connectivity index (χ0n) is 10.9. The maximum absolute atomic E-state index is 12.3. The Morgan fingerprint density at radius 1 is 1.29 bits per heavy atom. The zero-order valence-corrected chi connectivity index (χ0v) is 11.6. The van der Waals surface area contributed by atoms with Gasteiger partial charge in [0.15, 0.2) is 0 Å². The van der Waals surface area contributed by atoms with Crippen LogP contribution in [0.3, 0.4) is 0 Å². The molecule has 0 saturated heterocycles. The van der Waals surface area contributed by atoms with E-state index >= 15 is 0 Å². The van der Waals surface area contributed by atoms with Gasteiger partial charge < -0.3 is 5.21 Å². The molecule has 0 atom stereocenters. The summed E-state index contributed by atoms with van der Waals surface area (Å²) in [5.41, 5.74) is 1.29. The quantitative estimate of drug-likeness (QED) is 0.315. The number of nitrogens with zero attached hydrogens (tertiary/aromatic N) is 4. The predicted octanol–water partition coefficient (Wildman–Crippen LogP) is 2.53. The Morgan fingerprint density at radius 3 is 2.57 bits per heavy atom. The fourth-order valence-electron chi connectivity index (χ4n) is 2.04. The molecule has 0 saturated carbocycles. The Bertz CT molecular complexity index is 858. The first kappa shape index (κ1) is 13.3. The summed E-state index contributed by atoms with van der Waals surface area (Å²) in [6.45, 7) is 1.92. The summed E-state index contributed by atoms with van der Waals surface area (Å²) in [6.07, 6.45) is 0. The van der Waals surface area contributed by atoms with Crippen molar-refractivity contribution in [3.63, 3.8) is 0 Å². The van der Waals surface area contributed by atoms with Gasteiger partial charge in [-0.15, -0.1) is 4.85 Å². The van der Waals surface area contributed by atoms with Gasteiger partial charge in [-0.2, -0.15) is 0 Å². The van der Waals surface area contributed by atoms with Crippen LogP contribution < -0.4 is 4.85 Å². The maximum atomic E-state index is 12.3. The van der Waals surface area contributed by atoms with Crippen LogP contribution >= 0.6 is 11.6 Å². The lowest BCUT2D eigenvalue weighted by Crippen LogP contribution is -2.37. The number of fused-ring (bicyclic) bond motifs is 1. The SMILES string of the molecule is Cc1ccc(-n2nc3c([N+](=O)[O-])cc(Cl)cc3[n+]2[O-])cc1. The van der Waals surface area contributed by atoms with E-state index in [1.165, 1.54) is 12.1 Å². The molecule has 0 spiro atoms. The van der Waals surface area contributed by atoms with E-state index in [2.05, 4.69) is 5.10 Å². The number of rotatable bonds is 2. The Balaban J connectivity index is 2.31. The minimum absolute atomic E-state index is 0.0000231. The molecule has 0 unspecified atom stereocenters. The van der Waals surface area contributed by atoms with Crippen LogP contribution in [0.1, 0.15) is 5.56 Å². The summed E-state index contributed by atoms with van der Waals surface area (Å²) in [6, 6.07) is 9.60. The lowest BCUT2D eigenvalue weighted by atomic mass is 10.2. The van der Waals surface area contributed by atoms with Crippen LogP contribution in [-0.2, 0) is 0 Å². The number of halogens is 1. The summed E-state index contributed by atoms with van der Waals surface area (Å²) >= 11 is 5.82. The molecule has 0 fully saturated rings. The molecule has 0 radical (unpaired) electrons. The Hall–Kier alpha value is -2.67. The first-order chi connectivity index (χ1) is 9.97. The number of nitro groups is 1. The molecule has 0 N–H and O–H groups in total. The van der Waals surface area contributed by atoms with Crippen molar-refractivity contribution >= 4 is 28.3 Å². The highest BCUT2D eigenvalue weighted by Crippen LogP contribution is 2.27. The predicted molar refractivity (Wildman–Crippen MR) is 76.4 cm³/mol. The molecule has 2 aromatic carbocycles. The lowest BCUT2D eigenvalue weighted by molar-refractivity contribution is -0.664. The molecule has 0 amide bonds. The van der Waals surface area contributed by atoms with Gasteiger partial charge >= 0.3 is 11.2 Å². The number of hydrogen-bond donors (Lipinski definition) is 0. The highest BCUT2D eigenvalue weighted by atomic mass is 35.5. The summed E-state index contributed by atoms with van der Waals surface area (Å²) in [5, 5.41) is 27.5. The van der Waals surface area contributed by atoms with Gasteiger partial charge in [0.05, 0.1) is 15.0 Å². The van der Waals surface area contributed by atoms with E-state index < -0.39 is 4.92 Å². The van der Waals surface area contributed by atoms with Gasteiger partial charge in [0, 0.05) is 12.1 Å². The van der Waals surface area contributed by atoms with Crippen LogP contribution in [0, 0.1) is 22.2 Å². The minimum atomic E-state index is -0.610. The lowest BCUT2D eigenvalue weighted by Gasteiger charge is -2.03. The number of nitro benzene ring substituents is 1. The molecule has 0 aliphatic heterocycles. The van der Waals surface area contributed by atoms with Crippen molar-refractivity contribution in [2.45, 2.75) is 6.92 Å². The van der Waals surface area contributed by atoms with Gasteiger partial charge in [-0.3, -0.25) is 10.1 Å². The average molecular weight is 305 g/mol. The van der Waals surface area contributed by atoms with E-state index in [0.717, 1.165) is 10.4 Å². The third-order valence-corrected chi connectivity index (χ3v) is 3.29. The summed E-state index contributed by atoms with van der Waals surface area (Å²) in [7, 11) is 0. The summed E-state index contributed by atoms with van der Waals surface area (Å²) in [4.78, 5) is 12.0. The molecule has 0 bridgehead atoms. The van der Waals surface area contributed by atoms with Gasteiger partial charge in [0.25, 0.3) is 0 Å². The second-order valence-corrected chi connectivity index (χ2v) is 4.98. The van der Waals surface area contributed by atoms with E-state index in [0.29, 0.717) is 10.5 Å². The monoisotopic (exact) mass is 304 g/mol. The van der Waals surface area contributed by atoms with Crippen LogP contribution in [0.5, 0.6) is 0 Å². The van der Waals surface area contributed by atoms with Crippen molar-refractivity contribution in [2.24, 2.45) is 0 Å². The Labute approximate surface area is 123 Å². The molecule has 0 aliphatic carbocycles. The van der Waals surface area contributed by atoms with E-state index in [1.54, 1.807) is 12.1 Å². The smallest absolute Gasteiger partial charge is 0.328 e. The molecule has 106 valence electrons. The first-order valence-corrected chi connectivity index (χ1v) is 6.39. The van der Waals surface area contributed by atoms with Gasteiger partial charge in [0.1, 0.15) is 5.69 Å². The number of benzene rings is 2. The van der Waals surface area contributed by atoms with Gasteiger partial charge in [-0.25, -0.2) is 0 Å². The standard InChI is InChI=1S/C13H9ClN4O3/c1-8-2-4-10(5-3-8)16-15-13-11(17(16)19)6-9(14)7-12(13)18(20)21/h2-7H,1H3. The van der Waals surface area contributed by atoms with Crippen LogP contribution in [-0.4, -0.2) is 14.8 Å². The summed E-state index contributed by atoms with van der Waals surface area (Å²) in [5.74, 6) is 0. The van der Waals surface area contributed by atoms with Gasteiger partial charge in [0.2, 0.25) is 5.52 Å². The maximum Gasteiger partial charge on any atom is 0.328 e. The molecule has 3 rings (SSSR count). The second kappa shape index (κ2) is 4.71. The van der Waals surface area contributed by atoms with Crippen molar-refractivity contribution in [3.8, 4) is 5.69 Å². The number of hydrogen-bond acceptors (Lipinski definition) is 4. The van der Waals surface area contributed by atoms with Crippen molar-refractivity contribution in [3.05, 3.63) is 62.3 Å². The van der Waals surface area contributed by atoms with E-state index in [9.17, 15) is 15.3 Å². The molecule has 1 heterocycles. The Kier molecular flexibility index (Phi) is 2.99. The molecule has 7 nitrogen and oxygen atoms in total. The van der Waals surface area contributed by atoms with Crippen LogP contribution in [0.15, 0.2) is 36.4 Å². The molecule has 21 heavy (non-hydrogen) atoms. The van der Waals surface area contributed by atoms with Crippen molar-refractivity contribution in [2.75, 3.05) is 0 Å². The first-order valence-electron chi connectivity index (χ1n) is 6.01. The van der Waals surface area contributed by atoms with Gasteiger partial charge in [-0.1, -0.05) is 29.3 Å². The number of non-ortho nitro benzene ring substituents is 1. The molecule has 1 aromatic heterocycles. The van der Waals surface area contributed by atoms with Gasteiger partial charge in [-0.05, 0) is 23.9 Å². The van der Waals surface area contributed by atoms with Crippen molar-refractivity contribution in [1.29, 1.82) is 0 Å². The largest absolute Gasteiger partial charge is 0.692 e. The summed E-state index contributed by atoms with van der Waals surface area (Å²) < 4.78 is 0. The second-order valence-electron chi connectivity index (χ2n) is 4.55. The fourth-order valence-corrected chi connectivity index (χ4v) is 2.24. The fraction of sp³-hybridized carbons (Fsp3) is 0.0769. The third kappa shape index (κ3) is 2.17. The molecule has 8 heteroatoms. The normalized spacial score (nSPS) is 11.0. The molecular weight excluding hydrogens is 296 g/mol. The number of aromatic nitrogens is 3. The van der Waals surface area contributed by atoms with Crippen LogP contribution in [0.2, 0.25) is 5.02 Å². The van der Waals surface area contributed by atoms with Crippen molar-refractivity contribution < 1.29 is 9.77 Å².